The highest BCUT2D eigenvalue weighted by atomic mass is 15.1. The molecule has 1 unspecified atom stereocenters. The van der Waals surface area contributed by atoms with Crippen LogP contribution in [0.25, 0.3) is 0 Å². The van der Waals surface area contributed by atoms with Gasteiger partial charge in [-0.05, 0) is 57.8 Å². The van der Waals surface area contributed by atoms with E-state index in [1.54, 1.807) is 0 Å². The summed E-state index contributed by atoms with van der Waals surface area (Å²) >= 11 is 0. The number of hydrogen-bond donors (Lipinski definition) is 1. The molecular weight excluding hydrogens is 220 g/mol. The van der Waals surface area contributed by atoms with Crippen LogP contribution in [0.15, 0.2) is 0 Å². The third kappa shape index (κ3) is 5.71. The highest BCUT2D eigenvalue weighted by molar-refractivity contribution is 4.80. The average molecular weight is 254 g/mol. The molecule has 0 amide bonds. The lowest BCUT2D eigenvalue weighted by Gasteiger charge is -2.32. The van der Waals surface area contributed by atoms with Crippen molar-refractivity contribution in [1.82, 2.24) is 10.2 Å². The van der Waals surface area contributed by atoms with Gasteiger partial charge in [-0.25, -0.2) is 0 Å². The summed E-state index contributed by atoms with van der Waals surface area (Å²) in [6, 6.07) is 0.769. The van der Waals surface area contributed by atoms with Crippen LogP contribution in [0, 0.1) is 5.92 Å². The molecule has 0 aromatic rings. The Morgan fingerprint density at radius 2 is 1.72 bits per heavy atom. The minimum absolute atomic E-state index is 0.769. The van der Waals surface area contributed by atoms with Crippen LogP contribution in [0.1, 0.15) is 65.7 Å². The minimum Gasteiger partial charge on any atom is -0.314 e. The molecule has 0 bridgehead atoms. The van der Waals surface area contributed by atoms with Gasteiger partial charge in [-0.15, -0.1) is 0 Å². The van der Waals surface area contributed by atoms with E-state index in [0.29, 0.717) is 0 Å². The van der Waals surface area contributed by atoms with Crippen LogP contribution < -0.4 is 5.32 Å². The van der Waals surface area contributed by atoms with Crippen LogP contribution in [0.3, 0.4) is 0 Å². The first-order valence-corrected chi connectivity index (χ1v) is 8.27. The normalized spacial score (nSPS) is 19.3. The summed E-state index contributed by atoms with van der Waals surface area (Å²) in [6.45, 7) is 11.7. The highest BCUT2D eigenvalue weighted by Crippen LogP contribution is 2.27. The third-order valence-electron chi connectivity index (χ3n) is 4.53. The van der Waals surface area contributed by atoms with Gasteiger partial charge in [0.1, 0.15) is 0 Å². The molecule has 0 saturated heterocycles. The Bertz CT molecular complexity index is 184. The second kappa shape index (κ2) is 9.80. The van der Waals surface area contributed by atoms with E-state index in [0.717, 1.165) is 12.0 Å². The molecule has 0 aromatic carbocycles. The van der Waals surface area contributed by atoms with E-state index in [1.807, 2.05) is 0 Å². The van der Waals surface area contributed by atoms with Crippen LogP contribution in [-0.4, -0.2) is 37.1 Å². The first-order chi connectivity index (χ1) is 8.81. The number of rotatable bonds is 9. The van der Waals surface area contributed by atoms with Gasteiger partial charge in [0.2, 0.25) is 0 Å². The zero-order chi connectivity index (χ0) is 13.2. The number of nitrogens with one attached hydrogen (secondary N) is 1. The SMILES string of the molecule is CCCNC(CCN(CC)CC)C1CCCCC1. The smallest absolute Gasteiger partial charge is 0.0107 e. The molecule has 0 spiro atoms. The summed E-state index contributed by atoms with van der Waals surface area (Å²) in [5.74, 6) is 0.945. The maximum absolute atomic E-state index is 3.82. The van der Waals surface area contributed by atoms with Crippen molar-refractivity contribution in [2.45, 2.75) is 71.8 Å². The van der Waals surface area contributed by atoms with E-state index < -0.39 is 0 Å². The fourth-order valence-corrected chi connectivity index (χ4v) is 3.23. The summed E-state index contributed by atoms with van der Waals surface area (Å²) in [5.41, 5.74) is 0. The molecule has 0 aromatic heterocycles. The van der Waals surface area contributed by atoms with Gasteiger partial charge < -0.3 is 10.2 Å². The second-order valence-electron chi connectivity index (χ2n) is 5.77. The Morgan fingerprint density at radius 1 is 1.06 bits per heavy atom. The molecule has 108 valence electrons. The summed E-state index contributed by atoms with van der Waals surface area (Å²) in [6.07, 6.45) is 9.90. The Morgan fingerprint density at radius 3 is 2.28 bits per heavy atom. The van der Waals surface area contributed by atoms with Crippen molar-refractivity contribution in [3.05, 3.63) is 0 Å². The zero-order valence-corrected chi connectivity index (χ0v) is 12.9. The van der Waals surface area contributed by atoms with Gasteiger partial charge in [-0.2, -0.15) is 0 Å². The molecule has 18 heavy (non-hydrogen) atoms. The summed E-state index contributed by atoms with van der Waals surface area (Å²) in [5, 5.41) is 3.82. The second-order valence-corrected chi connectivity index (χ2v) is 5.77. The van der Waals surface area contributed by atoms with Gasteiger partial charge in [0, 0.05) is 6.04 Å². The van der Waals surface area contributed by atoms with Gasteiger partial charge in [-0.3, -0.25) is 0 Å². The summed E-state index contributed by atoms with van der Waals surface area (Å²) < 4.78 is 0. The maximum Gasteiger partial charge on any atom is 0.0107 e. The molecule has 1 aliphatic rings. The topological polar surface area (TPSA) is 15.3 Å². The standard InChI is InChI=1S/C16H34N2/c1-4-13-17-16(12-14-18(5-2)6-3)15-10-8-7-9-11-15/h15-17H,4-14H2,1-3H3. The summed E-state index contributed by atoms with van der Waals surface area (Å²) in [4.78, 5) is 2.56. The fraction of sp³-hybridized carbons (Fsp3) is 1.00. The van der Waals surface area contributed by atoms with Crippen molar-refractivity contribution in [2.24, 2.45) is 5.92 Å². The van der Waals surface area contributed by atoms with E-state index in [2.05, 4.69) is 31.0 Å². The van der Waals surface area contributed by atoms with Crippen molar-refractivity contribution in [2.75, 3.05) is 26.2 Å². The Hall–Kier alpha value is -0.0800. The number of hydrogen-bond acceptors (Lipinski definition) is 2. The molecule has 0 aliphatic heterocycles. The molecule has 2 heteroatoms. The molecular formula is C16H34N2. The van der Waals surface area contributed by atoms with Crippen LogP contribution in [-0.2, 0) is 0 Å². The van der Waals surface area contributed by atoms with Crippen molar-refractivity contribution < 1.29 is 0 Å². The van der Waals surface area contributed by atoms with Crippen molar-refractivity contribution in [3.63, 3.8) is 0 Å². The molecule has 0 radical (unpaired) electrons. The molecule has 1 saturated carbocycles. The quantitative estimate of drug-likeness (QED) is 0.675. The Labute approximate surface area is 115 Å². The van der Waals surface area contributed by atoms with E-state index in [9.17, 15) is 0 Å². The van der Waals surface area contributed by atoms with Gasteiger partial charge in [0.15, 0.2) is 0 Å². The van der Waals surface area contributed by atoms with Crippen LogP contribution in [0.4, 0.5) is 0 Å². The van der Waals surface area contributed by atoms with Crippen LogP contribution in [0.5, 0.6) is 0 Å². The van der Waals surface area contributed by atoms with E-state index in [-0.39, 0.29) is 0 Å². The van der Waals surface area contributed by atoms with Crippen LogP contribution in [0.2, 0.25) is 0 Å². The lowest BCUT2D eigenvalue weighted by molar-refractivity contribution is 0.221. The van der Waals surface area contributed by atoms with Gasteiger partial charge in [0.25, 0.3) is 0 Å². The molecule has 2 nitrogen and oxygen atoms in total. The molecule has 1 aliphatic carbocycles. The Balaban J connectivity index is 2.38. The first kappa shape index (κ1) is 16.0. The first-order valence-electron chi connectivity index (χ1n) is 8.27. The lowest BCUT2D eigenvalue weighted by Crippen LogP contribution is -2.40. The highest BCUT2D eigenvalue weighted by Gasteiger charge is 2.23. The maximum atomic E-state index is 3.82. The van der Waals surface area contributed by atoms with Crippen LogP contribution >= 0.6 is 0 Å². The van der Waals surface area contributed by atoms with Gasteiger partial charge in [0.05, 0.1) is 0 Å². The predicted molar refractivity (Wildman–Crippen MR) is 81.1 cm³/mol. The average Bonchev–Trinajstić information content (AvgIpc) is 2.44. The molecule has 1 fully saturated rings. The molecule has 1 atom stereocenters. The van der Waals surface area contributed by atoms with E-state index in [4.69, 9.17) is 0 Å². The fourth-order valence-electron chi connectivity index (χ4n) is 3.23. The van der Waals surface area contributed by atoms with Gasteiger partial charge in [-0.1, -0.05) is 40.0 Å². The van der Waals surface area contributed by atoms with E-state index in [1.165, 1.54) is 71.1 Å². The van der Waals surface area contributed by atoms with Crippen molar-refractivity contribution >= 4 is 0 Å². The molecule has 1 N–H and O–H groups in total. The predicted octanol–water partition coefficient (Wildman–Crippen LogP) is 3.67. The zero-order valence-electron chi connectivity index (χ0n) is 12.9. The Kier molecular flexibility index (Phi) is 8.70. The molecule has 0 heterocycles. The summed E-state index contributed by atoms with van der Waals surface area (Å²) in [7, 11) is 0. The third-order valence-corrected chi connectivity index (χ3v) is 4.53. The molecule has 1 rings (SSSR count). The van der Waals surface area contributed by atoms with Gasteiger partial charge >= 0.3 is 0 Å². The van der Waals surface area contributed by atoms with Crippen molar-refractivity contribution in [1.29, 1.82) is 0 Å². The van der Waals surface area contributed by atoms with Crippen molar-refractivity contribution in [3.8, 4) is 0 Å². The number of nitrogens with zero attached hydrogens (tertiary/aromatic N) is 1. The largest absolute Gasteiger partial charge is 0.314 e. The van der Waals surface area contributed by atoms with E-state index >= 15 is 0 Å². The monoisotopic (exact) mass is 254 g/mol. The minimum atomic E-state index is 0.769. The lowest BCUT2D eigenvalue weighted by atomic mass is 9.82.